The number of nitriles is 1. The molecule has 1 aliphatic carbocycles. The topological polar surface area (TPSA) is 57.9 Å². The smallest absolute Gasteiger partial charge is 0.158 e. The molecule has 0 aromatic heterocycles. The summed E-state index contributed by atoms with van der Waals surface area (Å²) in [5, 5.41) is 8.57. The van der Waals surface area contributed by atoms with E-state index in [1.165, 1.54) is 0 Å². The molecule has 1 fully saturated rings. The van der Waals surface area contributed by atoms with E-state index in [9.17, 15) is 8.42 Å². The van der Waals surface area contributed by atoms with Crippen LogP contribution in [0.1, 0.15) is 36.0 Å². The van der Waals surface area contributed by atoms with Crippen LogP contribution in [0.5, 0.6) is 0 Å². The summed E-state index contributed by atoms with van der Waals surface area (Å²) in [6.45, 7) is 3.94. The van der Waals surface area contributed by atoms with Crippen molar-refractivity contribution in [2.75, 3.05) is 0 Å². The molecule has 1 aromatic rings. The summed E-state index contributed by atoms with van der Waals surface area (Å²) in [5.41, 5.74) is 2.99. The van der Waals surface area contributed by atoms with Crippen LogP contribution in [0.2, 0.25) is 0 Å². The van der Waals surface area contributed by atoms with Gasteiger partial charge in [-0.05, 0) is 32.3 Å². The minimum atomic E-state index is -3.23. The minimum absolute atomic E-state index is 0.0539. The first kappa shape index (κ1) is 14.1. The van der Waals surface area contributed by atoms with Crippen LogP contribution < -0.4 is 0 Å². The lowest BCUT2D eigenvalue weighted by Gasteiger charge is -2.15. The third-order valence-electron chi connectivity index (χ3n) is 3.73. The third kappa shape index (κ3) is 3.16. The second-order valence-corrected chi connectivity index (χ2v) is 7.73. The van der Waals surface area contributed by atoms with Gasteiger partial charge in [-0.2, -0.15) is 5.26 Å². The van der Waals surface area contributed by atoms with Crippen LogP contribution in [0.15, 0.2) is 18.2 Å². The number of rotatable bonds is 3. The number of hydrogen-bond donors (Lipinski definition) is 0. The molecule has 0 radical (unpaired) electrons. The van der Waals surface area contributed by atoms with E-state index < -0.39 is 15.1 Å². The first-order valence-electron chi connectivity index (χ1n) is 6.61. The first-order chi connectivity index (χ1) is 8.92. The zero-order valence-corrected chi connectivity index (χ0v) is 12.2. The molecule has 102 valence electrons. The third-order valence-corrected chi connectivity index (χ3v) is 5.95. The lowest BCUT2D eigenvalue weighted by molar-refractivity contribution is 0.564. The molecule has 2 rings (SSSR count). The van der Waals surface area contributed by atoms with Crippen LogP contribution in [-0.2, 0) is 15.6 Å². The van der Waals surface area contributed by atoms with Gasteiger partial charge < -0.3 is 0 Å². The van der Waals surface area contributed by atoms with Gasteiger partial charge in [0.2, 0.25) is 0 Å². The molecule has 2 unspecified atom stereocenters. The summed E-state index contributed by atoms with van der Waals surface area (Å²) in [6.07, 6.45) is 2.19. The highest BCUT2D eigenvalue weighted by Gasteiger charge is 2.37. The fourth-order valence-electron chi connectivity index (χ4n) is 3.00. The van der Waals surface area contributed by atoms with Crippen LogP contribution in [0.25, 0.3) is 0 Å². The van der Waals surface area contributed by atoms with E-state index >= 15 is 0 Å². The van der Waals surface area contributed by atoms with Gasteiger partial charge in [0, 0.05) is 0 Å². The molecule has 2 atom stereocenters. The lowest BCUT2D eigenvalue weighted by atomic mass is 10.1. The number of nitrogens with zero attached hydrogens (tertiary/aromatic N) is 1. The van der Waals surface area contributed by atoms with E-state index in [-0.39, 0.29) is 11.7 Å². The zero-order chi connectivity index (χ0) is 14.0. The van der Waals surface area contributed by atoms with E-state index in [4.69, 9.17) is 5.26 Å². The molecule has 0 N–H and O–H groups in total. The predicted octanol–water partition coefficient (Wildman–Crippen LogP) is 2.91. The van der Waals surface area contributed by atoms with E-state index in [1.54, 1.807) is 0 Å². The molecule has 1 saturated carbocycles. The molecule has 0 aliphatic heterocycles. The molecule has 1 aliphatic rings. The van der Waals surface area contributed by atoms with Crippen molar-refractivity contribution in [1.29, 1.82) is 5.26 Å². The molecule has 4 heteroatoms. The molecule has 0 amide bonds. The lowest BCUT2D eigenvalue weighted by Crippen LogP contribution is -2.26. The summed E-state index contributed by atoms with van der Waals surface area (Å²) in [4.78, 5) is 0. The van der Waals surface area contributed by atoms with Gasteiger partial charge in [0.15, 0.2) is 9.84 Å². The van der Waals surface area contributed by atoms with Gasteiger partial charge in [-0.1, -0.05) is 35.7 Å². The van der Waals surface area contributed by atoms with Gasteiger partial charge >= 0.3 is 0 Å². The average molecular weight is 277 g/mol. The Hall–Kier alpha value is -1.34. The van der Waals surface area contributed by atoms with Crippen molar-refractivity contribution in [3.05, 3.63) is 34.9 Å². The maximum absolute atomic E-state index is 12.4. The largest absolute Gasteiger partial charge is 0.228 e. The fraction of sp³-hybridized carbons (Fsp3) is 0.533. The highest BCUT2D eigenvalue weighted by atomic mass is 32.2. The quantitative estimate of drug-likeness (QED) is 0.853. The standard InChI is InChI=1S/C15H19NO2S/c1-11-6-12(2)8-13(7-11)10-19(17,18)15-5-3-4-14(15)9-16/h6-8,14-15H,3-5,10H2,1-2H3. The number of aryl methyl sites for hydroxylation is 2. The maximum atomic E-state index is 12.4. The van der Waals surface area contributed by atoms with E-state index in [0.717, 1.165) is 23.1 Å². The number of benzene rings is 1. The SMILES string of the molecule is Cc1cc(C)cc(CS(=O)(=O)C2CCCC2C#N)c1. The molecule has 0 heterocycles. The Morgan fingerprint density at radius 2 is 1.84 bits per heavy atom. The average Bonchev–Trinajstić information content (AvgIpc) is 2.75. The van der Waals surface area contributed by atoms with Gasteiger partial charge in [-0.15, -0.1) is 0 Å². The van der Waals surface area contributed by atoms with Crippen LogP contribution in [0, 0.1) is 31.1 Å². The molecule has 19 heavy (non-hydrogen) atoms. The Morgan fingerprint density at radius 1 is 1.21 bits per heavy atom. The monoisotopic (exact) mass is 277 g/mol. The highest BCUT2D eigenvalue weighted by Crippen LogP contribution is 2.32. The van der Waals surface area contributed by atoms with Crippen molar-refractivity contribution in [1.82, 2.24) is 0 Å². The minimum Gasteiger partial charge on any atom is -0.228 e. The second kappa shape index (κ2) is 5.34. The Balaban J connectivity index is 2.24. The van der Waals surface area contributed by atoms with Gasteiger partial charge in [-0.25, -0.2) is 8.42 Å². The van der Waals surface area contributed by atoms with Crippen molar-refractivity contribution >= 4 is 9.84 Å². The van der Waals surface area contributed by atoms with Crippen LogP contribution in [-0.4, -0.2) is 13.7 Å². The Morgan fingerprint density at radius 3 is 2.42 bits per heavy atom. The summed E-state index contributed by atoms with van der Waals surface area (Å²) in [5.74, 6) is -0.269. The molecule has 3 nitrogen and oxygen atoms in total. The van der Waals surface area contributed by atoms with Crippen molar-refractivity contribution in [3.63, 3.8) is 0 Å². The predicted molar refractivity (Wildman–Crippen MR) is 75.3 cm³/mol. The normalized spacial score (nSPS) is 23.2. The Kier molecular flexibility index (Phi) is 3.96. The zero-order valence-electron chi connectivity index (χ0n) is 11.4. The molecular weight excluding hydrogens is 258 g/mol. The van der Waals surface area contributed by atoms with E-state index in [0.29, 0.717) is 12.8 Å². The Bertz CT molecular complexity index is 593. The summed E-state index contributed by atoms with van der Waals surface area (Å²) in [7, 11) is -3.23. The highest BCUT2D eigenvalue weighted by molar-refractivity contribution is 7.91. The molecule has 0 saturated heterocycles. The van der Waals surface area contributed by atoms with Crippen molar-refractivity contribution in [3.8, 4) is 6.07 Å². The van der Waals surface area contributed by atoms with Gasteiger partial charge in [0.1, 0.15) is 0 Å². The summed E-state index contributed by atoms with van der Waals surface area (Å²) in [6, 6.07) is 8.02. The van der Waals surface area contributed by atoms with Crippen LogP contribution in [0.3, 0.4) is 0 Å². The Labute approximate surface area is 115 Å². The van der Waals surface area contributed by atoms with Crippen molar-refractivity contribution in [2.24, 2.45) is 5.92 Å². The number of hydrogen-bond acceptors (Lipinski definition) is 3. The van der Waals surface area contributed by atoms with Crippen LogP contribution in [0.4, 0.5) is 0 Å². The first-order valence-corrected chi connectivity index (χ1v) is 8.32. The summed E-state index contributed by atoms with van der Waals surface area (Å²) < 4.78 is 24.9. The van der Waals surface area contributed by atoms with E-state index in [1.807, 2.05) is 32.0 Å². The molecule has 1 aromatic carbocycles. The number of sulfone groups is 1. The van der Waals surface area contributed by atoms with E-state index in [2.05, 4.69) is 6.07 Å². The molecule has 0 spiro atoms. The van der Waals surface area contributed by atoms with Crippen molar-refractivity contribution in [2.45, 2.75) is 44.1 Å². The maximum Gasteiger partial charge on any atom is 0.158 e. The molecule has 0 bridgehead atoms. The summed E-state index contributed by atoms with van der Waals surface area (Å²) >= 11 is 0. The van der Waals surface area contributed by atoms with Gasteiger partial charge in [0.25, 0.3) is 0 Å². The second-order valence-electron chi connectivity index (χ2n) is 5.51. The van der Waals surface area contributed by atoms with Gasteiger partial charge in [0.05, 0.1) is 23.0 Å². The van der Waals surface area contributed by atoms with Gasteiger partial charge in [-0.3, -0.25) is 0 Å². The fourth-order valence-corrected chi connectivity index (χ4v) is 5.06. The van der Waals surface area contributed by atoms with Crippen molar-refractivity contribution < 1.29 is 8.42 Å². The molecular formula is C15H19NO2S. The van der Waals surface area contributed by atoms with Crippen LogP contribution >= 0.6 is 0 Å².